The molecule has 6 heteroatoms. The molecule has 0 saturated carbocycles. The molecule has 0 aliphatic heterocycles. The first-order valence-electron chi connectivity index (χ1n) is 5.52. The molecule has 5 nitrogen and oxygen atoms in total. The molecule has 0 amide bonds. The Morgan fingerprint density at radius 1 is 1.47 bits per heavy atom. The van der Waals surface area contributed by atoms with E-state index in [4.69, 9.17) is 4.42 Å². The Morgan fingerprint density at radius 3 is 2.53 bits per heavy atom. The predicted octanol–water partition coefficient (Wildman–Crippen LogP) is 1.45. The zero-order valence-corrected chi connectivity index (χ0v) is 11.8. The summed E-state index contributed by atoms with van der Waals surface area (Å²) in [5.41, 5.74) is 0. The van der Waals surface area contributed by atoms with Gasteiger partial charge in [0.15, 0.2) is 9.84 Å². The minimum Gasteiger partial charge on any atom is -0.443 e. The van der Waals surface area contributed by atoms with E-state index in [-0.39, 0.29) is 0 Å². The van der Waals surface area contributed by atoms with Crippen LogP contribution in [0, 0.1) is 0 Å². The number of rotatable bonds is 5. The van der Waals surface area contributed by atoms with E-state index in [9.17, 15) is 8.42 Å². The van der Waals surface area contributed by atoms with E-state index in [1.54, 1.807) is 13.8 Å². The Labute approximate surface area is 103 Å². The van der Waals surface area contributed by atoms with Crippen molar-refractivity contribution in [2.75, 3.05) is 6.26 Å². The van der Waals surface area contributed by atoms with Gasteiger partial charge in [-0.25, -0.2) is 13.4 Å². The molecule has 0 saturated heterocycles. The Kier molecular flexibility index (Phi) is 3.99. The molecule has 0 aliphatic carbocycles. The molecule has 98 valence electrons. The van der Waals surface area contributed by atoms with Crippen molar-refractivity contribution in [3.05, 3.63) is 17.8 Å². The molecule has 0 radical (unpaired) electrons. The molecular formula is C11H20N2O3S. The molecule has 1 rings (SSSR count). The van der Waals surface area contributed by atoms with Crippen LogP contribution in [0.1, 0.15) is 39.3 Å². The van der Waals surface area contributed by atoms with Gasteiger partial charge in [0, 0.05) is 12.3 Å². The van der Waals surface area contributed by atoms with Crippen LogP contribution in [0.4, 0.5) is 0 Å². The second-order valence-electron chi connectivity index (χ2n) is 4.94. The number of hydrogen-bond acceptors (Lipinski definition) is 5. The van der Waals surface area contributed by atoms with Gasteiger partial charge >= 0.3 is 0 Å². The van der Waals surface area contributed by atoms with E-state index >= 15 is 0 Å². The lowest BCUT2D eigenvalue weighted by Crippen LogP contribution is -2.27. The summed E-state index contributed by atoms with van der Waals surface area (Å²) in [6.07, 6.45) is 2.68. The number of hydrogen-bond donors (Lipinski definition) is 1. The number of sulfone groups is 1. The van der Waals surface area contributed by atoms with Crippen LogP contribution in [0.2, 0.25) is 0 Å². The highest BCUT2D eigenvalue weighted by molar-refractivity contribution is 7.91. The lowest BCUT2D eigenvalue weighted by molar-refractivity contribution is 0.396. The molecule has 1 heterocycles. The fourth-order valence-corrected chi connectivity index (χ4v) is 1.60. The van der Waals surface area contributed by atoms with Gasteiger partial charge in [-0.1, -0.05) is 13.8 Å². The quantitative estimate of drug-likeness (QED) is 0.867. The van der Waals surface area contributed by atoms with Crippen LogP contribution in [0.5, 0.6) is 0 Å². The Bertz CT molecular complexity index is 475. The predicted molar refractivity (Wildman–Crippen MR) is 66.3 cm³/mol. The summed E-state index contributed by atoms with van der Waals surface area (Å²) in [4.78, 5) is 4.07. The summed E-state index contributed by atoms with van der Waals surface area (Å²) in [6.45, 7) is 7.76. The van der Waals surface area contributed by atoms with Crippen LogP contribution in [0.3, 0.4) is 0 Å². The fraction of sp³-hybridized carbons (Fsp3) is 0.727. The highest BCUT2D eigenvalue weighted by Gasteiger charge is 2.36. The van der Waals surface area contributed by atoms with Crippen LogP contribution in [0.15, 0.2) is 10.6 Å². The molecule has 0 unspecified atom stereocenters. The van der Waals surface area contributed by atoms with E-state index in [0.717, 1.165) is 0 Å². The van der Waals surface area contributed by atoms with Crippen molar-refractivity contribution in [2.24, 2.45) is 0 Å². The molecule has 1 aromatic rings. The molecular weight excluding hydrogens is 240 g/mol. The van der Waals surface area contributed by atoms with Crippen molar-refractivity contribution < 1.29 is 12.8 Å². The standard InChI is InChI=1S/C11H20N2O3S/c1-8(2)12-7-10-13-6-9(16-10)11(3,4)17(5,14)15/h6,8,12H,7H2,1-5H3. The zero-order chi connectivity index (χ0) is 13.3. The molecule has 0 bridgehead atoms. The monoisotopic (exact) mass is 260 g/mol. The first kappa shape index (κ1) is 14.2. The molecule has 0 aliphatic rings. The fourth-order valence-electron chi connectivity index (χ4n) is 1.14. The average Bonchev–Trinajstić information content (AvgIpc) is 2.61. The van der Waals surface area contributed by atoms with Gasteiger partial charge < -0.3 is 9.73 Å². The van der Waals surface area contributed by atoms with Crippen LogP contribution < -0.4 is 5.32 Å². The molecule has 0 atom stereocenters. The minimum atomic E-state index is -3.23. The molecule has 1 N–H and O–H groups in total. The Balaban J connectivity index is 2.88. The van der Waals surface area contributed by atoms with Gasteiger partial charge in [0.05, 0.1) is 12.7 Å². The van der Waals surface area contributed by atoms with Gasteiger partial charge in [0.25, 0.3) is 0 Å². The summed E-state index contributed by atoms with van der Waals surface area (Å²) < 4.78 is 27.7. The van der Waals surface area contributed by atoms with Crippen molar-refractivity contribution in [3.8, 4) is 0 Å². The van der Waals surface area contributed by atoms with Gasteiger partial charge in [-0.2, -0.15) is 0 Å². The molecule has 0 aromatic carbocycles. The normalized spacial score (nSPS) is 13.3. The molecule has 0 spiro atoms. The minimum absolute atomic E-state index is 0.327. The maximum atomic E-state index is 11.6. The third-order valence-electron chi connectivity index (χ3n) is 2.74. The molecule has 17 heavy (non-hydrogen) atoms. The smallest absolute Gasteiger partial charge is 0.208 e. The van der Waals surface area contributed by atoms with Gasteiger partial charge in [0.2, 0.25) is 5.89 Å². The third kappa shape index (κ3) is 3.29. The largest absolute Gasteiger partial charge is 0.443 e. The van der Waals surface area contributed by atoms with Crippen molar-refractivity contribution in [3.63, 3.8) is 0 Å². The summed E-state index contributed by atoms with van der Waals surface area (Å²) in [7, 11) is -3.23. The van der Waals surface area contributed by atoms with E-state index in [2.05, 4.69) is 10.3 Å². The van der Waals surface area contributed by atoms with E-state index in [1.165, 1.54) is 12.5 Å². The Hall–Kier alpha value is -0.880. The lowest BCUT2D eigenvalue weighted by atomic mass is 10.2. The second kappa shape index (κ2) is 4.78. The van der Waals surface area contributed by atoms with Gasteiger partial charge in [-0.05, 0) is 13.8 Å². The van der Waals surface area contributed by atoms with Crippen molar-refractivity contribution in [1.29, 1.82) is 0 Å². The average molecular weight is 260 g/mol. The number of nitrogens with one attached hydrogen (secondary N) is 1. The Morgan fingerprint density at radius 2 is 2.06 bits per heavy atom. The first-order chi connectivity index (χ1) is 7.64. The lowest BCUT2D eigenvalue weighted by Gasteiger charge is -2.18. The second-order valence-corrected chi connectivity index (χ2v) is 7.50. The van der Waals surface area contributed by atoms with E-state index in [1.807, 2.05) is 13.8 Å². The molecule has 1 aromatic heterocycles. The van der Waals surface area contributed by atoms with Crippen LogP contribution in [0.25, 0.3) is 0 Å². The van der Waals surface area contributed by atoms with Gasteiger partial charge in [0.1, 0.15) is 10.5 Å². The maximum Gasteiger partial charge on any atom is 0.208 e. The third-order valence-corrected chi connectivity index (χ3v) is 4.79. The van der Waals surface area contributed by atoms with Gasteiger partial charge in [-0.15, -0.1) is 0 Å². The first-order valence-corrected chi connectivity index (χ1v) is 7.42. The van der Waals surface area contributed by atoms with Crippen LogP contribution >= 0.6 is 0 Å². The number of aromatic nitrogens is 1. The summed E-state index contributed by atoms with van der Waals surface area (Å²) in [6, 6.07) is 0.327. The summed E-state index contributed by atoms with van der Waals surface area (Å²) in [5.74, 6) is 0.881. The summed E-state index contributed by atoms with van der Waals surface area (Å²) >= 11 is 0. The number of oxazole rings is 1. The van der Waals surface area contributed by atoms with Gasteiger partial charge in [-0.3, -0.25) is 0 Å². The highest BCUT2D eigenvalue weighted by Crippen LogP contribution is 2.29. The zero-order valence-electron chi connectivity index (χ0n) is 10.9. The van der Waals surface area contributed by atoms with Crippen LogP contribution in [-0.2, 0) is 21.1 Å². The number of nitrogens with zero attached hydrogens (tertiary/aromatic N) is 1. The maximum absolute atomic E-state index is 11.6. The van der Waals surface area contributed by atoms with E-state index < -0.39 is 14.6 Å². The van der Waals surface area contributed by atoms with Crippen molar-refractivity contribution in [1.82, 2.24) is 10.3 Å². The summed E-state index contributed by atoms with van der Waals surface area (Å²) in [5, 5.41) is 3.16. The molecule has 0 fully saturated rings. The van der Waals surface area contributed by atoms with E-state index in [0.29, 0.717) is 24.2 Å². The van der Waals surface area contributed by atoms with Crippen molar-refractivity contribution >= 4 is 9.84 Å². The van der Waals surface area contributed by atoms with Crippen molar-refractivity contribution in [2.45, 2.75) is 45.0 Å². The highest BCUT2D eigenvalue weighted by atomic mass is 32.2. The topological polar surface area (TPSA) is 72.2 Å². The SMILES string of the molecule is CC(C)NCc1ncc(C(C)(C)S(C)(=O)=O)o1. The van der Waals surface area contributed by atoms with Crippen LogP contribution in [-0.4, -0.2) is 25.7 Å².